The Hall–Kier alpha value is -17.2. The van der Waals surface area contributed by atoms with E-state index in [9.17, 15) is 0 Å². The topological polar surface area (TPSA) is 132 Å². The monoisotopic (exact) mass is 1610 g/mol. The highest BCUT2D eigenvalue weighted by atomic mass is 16.3. The standard InChI is InChI=1S/2C40H25N3O.C34H21N3O/c1-3-12-26(13-4-1)27-14-11-15-28(24-27)37-39-38(32-19-8-10-21-36(32)44-39)42-40(41-37)29-22-23-35-33(25-29)31-18-7-9-20-34(31)43(35)30-16-5-2-6-17-30;1-3-11-26(12-4-1)27-19-21-28(22-20-27)37-39-38(32-16-8-10-18-36(32)44-39)42-40(41-37)29-23-24-35-33(25-29)31-15-7-9-17-34(31)43(35)30-13-5-2-6-14-30;1-3-11-22(12-4-1)31-33-32(26-16-8-10-18-30(26)38-33)36-34(35-31)23-19-20-29-27(21-23)25-15-7-9-17-28(25)37(29)24-13-5-2-6-14-24/h2*1-25H;1-21H. The highest BCUT2D eigenvalue weighted by Crippen LogP contribution is 2.45. The van der Waals surface area contributed by atoms with E-state index in [1.165, 1.54) is 43.7 Å². The van der Waals surface area contributed by atoms with Gasteiger partial charge >= 0.3 is 0 Å². The molecule has 590 valence electrons. The minimum atomic E-state index is 0.669. The first kappa shape index (κ1) is 72.8. The quantitative estimate of drug-likeness (QED) is 0.124. The van der Waals surface area contributed by atoms with E-state index in [2.05, 4.69) is 353 Å². The first-order valence-corrected chi connectivity index (χ1v) is 42.2. The molecule has 0 N–H and O–H groups in total. The molecule has 9 heterocycles. The lowest BCUT2D eigenvalue weighted by Gasteiger charge is -2.09. The molecule has 0 saturated heterocycles. The Labute approximate surface area is 721 Å². The summed E-state index contributed by atoms with van der Waals surface area (Å²) in [6.07, 6.45) is 0. The fourth-order valence-corrected chi connectivity index (χ4v) is 18.2. The average Bonchev–Trinajstić information content (AvgIpc) is 1.58. The molecule has 0 aliphatic carbocycles. The van der Waals surface area contributed by atoms with Crippen LogP contribution in [0.15, 0.2) is 444 Å². The van der Waals surface area contributed by atoms with E-state index in [1.54, 1.807) is 0 Å². The summed E-state index contributed by atoms with van der Waals surface area (Å²) < 4.78 is 26.1. The molecule has 0 aliphatic rings. The second-order valence-electron chi connectivity index (χ2n) is 31.5. The largest absolute Gasteiger partial charge is 0.452 e. The van der Waals surface area contributed by atoms with Crippen molar-refractivity contribution in [1.29, 1.82) is 0 Å². The van der Waals surface area contributed by atoms with Crippen molar-refractivity contribution in [2.24, 2.45) is 0 Å². The van der Waals surface area contributed by atoms with Crippen molar-refractivity contribution >= 4 is 132 Å². The van der Waals surface area contributed by atoms with Gasteiger partial charge in [0.25, 0.3) is 0 Å². The summed E-state index contributed by atoms with van der Waals surface area (Å²) in [5.41, 5.74) is 30.2. The number of para-hydroxylation sites is 9. The number of fused-ring (bicyclic) bond motifs is 18. The minimum absolute atomic E-state index is 0.669. The normalized spacial score (nSPS) is 11.7. The van der Waals surface area contributed by atoms with Crippen molar-refractivity contribution in [2.45, 2.75) is 0 Å². The van der Waals surface area contributed by atoms with E-state index in [4.69, 9.17) is 43.2 Å². The predicted octanol–water partition coefficient (Wildman–Crippen LogP) is 29.8. The highest BCUT2D eigenvalue weighted by molar-refractivity contribution is 6.15. The van der Waals surface area contributed by atoms with Crippen molar-refractivity contribution in [1.82, 2.24) is 43.6 Å². The van der Waals surface area contributed by atoms with Gasteiger partial charge in [0.2, 0.25) is 0 Å². The van der Waals surface area contributed by atoms with Crippen molar-refractivity contribution in [3.8, 4) is 107 Å². The summed E-state index contributed by atoms with van der Waals surface area (Å²) in [4.78, 5) is 30.8. The summed E-state index contributed by atoms with van der Waals surface area (Å²) in [7, 11) is 0. The van der Waals surface area contributed by atoms with Crippen LogP contribution in [0.2, 0.25) is 0 Å². The van der Waals surface area contributed by atoms with Crippen LogP contribution in [0, 0.1) is 0 Å². The van der Waals surface area contributed by atoms with E-state index < -0.39 is 0 Å². The summed E-state index contributed by atoms with van der Waals surface area (Å²) in [6, 6.07) is 149. The van der Waals surface area contributed by atoms with Crippen LogP contribution in [0.1, 0.15) is 0 Å². The molecule has 0 fully saturated rings. The van der Waals surface area contributed by atoms with Gasteiger partial charge in [-0.3, -0.25) is 0 Å². The molecular weight excluding hydrogens is 1540 g/mol. The van der Waals surface area contributed by atoms with Crippen LogP contribution in [-0.2, 0) is 0 Å². The second kappa shape index (κ2) is 30.5. The maximum Gasteiger partial charge on any atom is 0.180 e. The van der Waals surface area contributed by atoms with Crippen LogP contribution < -0.4 is 0 Å². The fraction of sp³-hybridized carbons (Fsp3) is 0. The zero-order valence-electron chi connectivity index (χ0n) is 67.7. The third kappa shape index (κ3) is 12.6. The smallest absolute Gasteiger partial charge is 0.180 e. The van der Waals surface area contributed by atoms with Gasteiger partial charge in [-0.05, 0) is 174 Å². The van der Waals surface area contributed by atoms with Gasteiger partial charge in [0, 0.05) is 98.9 Å². The molecular formula is C114H71N9O3. The van der Waals surface area contributed by atoms with Gasteiger partial charge in [-0.15, -0.1) is 0 Å². The molecule has 26 rings (SSSR count). The predicted molar refractivity (Wildman–Crippen MR) is 514 cm³/mol. The van der Waals surface area contributed by atoms with Gasteiger partial charge in [0.05, 0.1) is 33.1 Å². The molecule has 17 aromatic carbocycles. The molecule has 26 aromatic rings. The molecule has 0 spiro atoms. The minimum Gasteiger partial charge on any atom is -0.452 e. The van der Waals surface area contributed by atoms with Gasteiger partial charge in [-0.2, -0.15) is 0 Å². The Bertz CT molecular complexity index is 8700. The molecule has 0 radical (unpaired) electrons. The molecule has 0 unspecified atom stereocenters. The lowest BCUT2D eigenvalue weighted by Crippen LogP contribution is -1.95. The molecule has 0 atom stereocenters. The number of nitrogens with zero attached hydrogens (tertiary/aromatic N) is 9. The van der Waals surface area contributed by atoms with Gasteiger partial charge in [-0.1, -0.05) is 279 Å². The Morgan fingerprint density at radius 2 is 0.405 bits per heavy atom. The van der Waals surface area contributed by atoms with Gasteiger partial charge in [0.1, 0.15) is 50.4 Å². The zero-order valence-corrected chi connectivity index (χ0v) is 67.7. The van der Waals surface area contributed by atoms with Crippen molar-refractivity contribution < 1.29 is 13.3 Å². The molecule has 126 heavy (non-hydrogen) atoms. The van der Waals surface area contributed by atoms with E-state index in [-0.39, 0.29) is 0 Å². The van der Waals surface area contributed by atoms with Crippen LogP contribution in [0.25, 0.3) is 239 Å². The summed E-state index contributed by atoms with van der Waals surface area (Å²) >= 11 is 0. The zero-order chi connectivity index (χ0) is 83.1. The number of benzene rings is 17. The average molecular weight is 1610 g/mol. The van der Waals surface area contributed by atoms with Crippen LogP contribution >= 0.6 is 0 Å². The maximum atomic E-state index is 6.43. The van der Waals surface area contributed by atoms with E-state index in [0.29, 0.717) is 34.2 Å². The third-order valence-corrected chi connectivity index (χ3v) is 24.1. The molecule has 9 aromatic heterocycles. The lowest BCUT2D eigenvalue weighted by molar-refractivity contribution is 0.667. The molecule has 0 saturated carbocycles. The number of hydrogen-bond acceptors (Lipinski definition) is 9. The summed E-state index contributed by atoms with van der Waals surface area (Å²) in [5.74, 6) is 2.02. The Morgan fingerprint density at radius 1 is 0.159 bits per heavy atom. The number of rotatable bonds is 11. The van der Waals surface area contributed by atoms with Gasteiger partial charge in [-0.25, -0.2) is 29.9 Å². The number of aromatic nitrogens is 9. The number of hydrogen-bond donors (Lipinski definition) is 0. The summed E-state index contributed by atoms with van der Waals surface area (Å²) in [6.45, 7) is 0. The number of furan rings is 3. The van der Waals surface area contributed by atoms with Crippen molar-refractivity contribution in [3.63, 3.8) is 0 Å². The van der Waals surface area contributed by atoms with Gasteiger partial charge < -0.3 is 27.0 Å². The van der Waals surface area contributed by atoms with E-state index in [0.717, 1.165) is 161 Å². The Kier molecular flexibility index (Phi) is 17.6. The maximum absolute atomic E-state index is 6.43. The van der Waals surface area contributed by atoms with Gasteiger partial charge in [0.15, 0.2) is 34.2 Å². The lowest BCUT2D eigenvalue weighted by atomic mass is 10.0. The third-order valence-electron chi connectivity index (χ3n) is 24.1. The Morgan fingerprint density at radius 3 is 0.770 bits per heavy atom. The molecule has 0 bridgehead atoms. The van der Waals surface area contributed by atoms with Crippen molar-refractivity contribution in [2.75, 3.05) is 0 Å². The van der Waals surface area contributed by atoms with Crippen LogP contribution in [-0.4, -0.2) is 43.6 Å². The fourth-order valence-electron chi connectivity index (χ4n) is 18.2. The highest BCUT2D eigenvalue weighted by Gasteiger charge is 2.26. The first-order chi connectivity index (χ1) is 62.5. The van der Waals surface area contributed by atoms with E-state index >= 15 is 0 Å². The molecule has 12 heteroatoms. The Balaban J connectivity index is 0.000000106. The van der Waals surface area contributed by atoms with Crippen molar-refractivity contribution in [3.05, 3.63) is 431 Å². The molecule has 12 nitrogen and oxygen atoms in total. The summed E-state index contributed by atoms with van der Waals surface area (Å²) in [5, 5.41) is 10.0. The van der Waals surface area contributed by atoms with Crippen LogP contribution in [0.5, 0.6) is 0 Å². The van der Waals surface area contributed by atoms with Crippen LogP contribution in [0.4, 0.5) is 0 Å². The second-order valence-corrected chi connectivity index (χ2v) is 31.5. The molecule has 0 amide bonds. The first-order valence-electron chi connectivity index (χ1n) is 42.2. The SMILES string of the molecule is c1ccc(-c2ccc(-c3nc(-c4ccc5c(c4)c4ccccc4n5-c4ccccc4)nc4c3oc3ccccc34)cc2)cc1.c1ccc(-c2cccc(-c3nc(-c4ccc5c(c4)c4ccccc4n5-c4ccccc4)nc4c3oc3ccccc34)c2)cc1.c1ccc(-c2nc(-c3ccc4c(c3)c3ccccc3n4-c3ccccc3)nc3c2oc2ccccc23)cc1. The van der Waals surface area contributed by atoms with Crippen LogP contribution in [0.3, 0.4) is 0 Å². The molecule has 0 aliphatic heterocycles. The van der Waals surface area contributed by atoms with E-state index in [1.807, 2.05) is 91.0 Å².